The van der Waals surface area contributed by atoms with Crippen LogP contribution in [0.2, 0.25) is 0 Å². The van der Waals surface area contributed by atoms with Gasteiger partial charge in [-0.3, -0.25) is 4.31 Å². The van der Waals surface area contributed by atoms with Gasteiger partial charge >= 0.3 is 5.97 Å². The van der Waals surface area contributed by atoms with E-state index >= 15 is 0 Å². The lowest BCUT2D eigenvalue weighted by atomic mass is 10.2. The standard InChI is InChI=1S/C23H24N2O6S2/c1-3-30-20-9-8-16(13-21(20)29-2)22-24-18(15-32-22)14-31-23(26)17-6-4-7-19(12-17)25-10-5-11-33(25,27)28/h4,6-9,12-13,15H,3,5,10-11,14H2,1-2H3. The van der Waals surface area contributed by atoms with E-state index in [1.807, 2.05) is 30.5 Å². The molecule has 1 aromatic heterocycles. The van der Waals surface area contributed by atoms with Crippen molar-refractivity contribution in [1.29, 1.82) is 0 Å². The van der Waals surface area contributed by atoms with Gasteiger partial charge in [-0.1, -0.05) is 6.07 Å². The first-order chi connectivity index (χ1) is 15.9. The number of rotatable bonds is 8. The summed E-state index contributed by atoms with van der Waals surface area (Å²) in [5.41, 5.74) is 2.26. The topological polar surface area (TPSA) is 95.0 Å². The lowest BCUT2D eigenvalue weighted by molar-refractivity contribution is 0.0468. The molecule has 2 heterocycles. The largest absolute Gasteiger partial charge is 0.493 e. The van der Waals surface area contributed by atoms with Gasteiger partial charge in [0.15, 0.2) is 11.5 Å². The fourth-order valence-electron chi connectivity index (χ4n) is 3.52. The number of nitrogens with zero attached hydrogens (tertiary/aromatic N) is 2. The van der Waals surface area contributed by atoms with E-state index in [1.165, 1.54) is 15.6 Å². The minimum absolute atomic E-state index is 0.00966. The number of esters is 1. The monoisotopic (exact) mass is 488 g/mol. The van der Waals surface area contributed by atoms with Gasteiger partial charge in [-0.2, -0.15) is 0 Å². The Morgan fingerprint density at radius 1 is 1.18 bits per heavy atom. The molecule has 10 heteroatoms. The van der Waals surface area contributed by atoms with Crippen LogP contribution in [0.15, 0.2) is 47.8 Å². The molecule has 0 spiro atoms. The van der Waals surface area contributed by atoms with Gasteiger partial charge in [0.05, 0.1) is 36.4 Å². The molecular formula is C23H24N2O6S2. The molecule has 1 aliphatic heterocycles. The van der Waals surface area contributed by atoms with Crippen LogP contribution in [0.4, 0.5) is 5.69 Å². The van der Waals surface area contributed by atoms with Crippen LogP contribution in [0, 0.1) is 0 Å². The fourth-order valence-corrected chi connectivity index (χ4v) is 5.88. The molecule has 0 radical (unpaired) electrons. The van der Waals surface area contributed by atoms with Gasteiger partial charge < -0.3 is 14.2 Å². The van der Waals surface area contributed by atoms with Crippen LogP contribution in [0.3, 0.4) is 0 Å². The first-order valence-corrected chi connectivity index (χ1v) is 12.9. The fraction of sp³-hybridized carbons (Fsp3) is 0.304. The summed E-state index contributed by atoms with van der Waals surface area (Å²) in [6, 6.07) is 12.1. The van der Waals surface area contributed by atoms with E-state index < -0.39 is 16.0 Å². The van der Waals surface area contributed by atoms with Gasteiger partial charge in [-0.05, 0) is 49.7 Å². The zero-order valence-electron chi connectivity index (χ0n) is 18.3. The van der Waals surface area contributed by atoms with Crippen molar-refractivity contribution in [3.8, 4) is 22.1 Å². The lowest BCUT2D eigenvalue weighted by Gasteiger charge is -2.17. The van der Waals surface area contributed by atoms with Crippen LogP contribution in [0.1, 0.15) is 29.4 Å². The van der Waals surface area contributed by atoms with Gasteiger partial charge in [0.1, 0.15) is 11.6 Å². The van der Waals surface area contributed by atoms with E-state index in [-0.39, 0.29) is 12.4 Å². The number of methoxy groups -OCH3 is 1. The zero-order valence-corrected chi connectivity index (χ0v) is 19.9. The molecule has 1 saturated heterocycles. The number of benzene rings is 2. The Bertz CT molecular complexity index is 1260. The molecule has 0 saturated carbocycles. The summed E-state index contributed by atoms with van der Waals surface area (Å²) >= 11 is 1.44. The molecule has 0 amide bonds. The summed E-state index contributed by atoms with van der Waals surface area (Å²) in [4.78, 5) is 17.1. The number of ether oxygens (including phenoxy) is 3. The molecule has 0 atom stereocenters. The summed E-state index contributed by atoms with van der Waals surface area (Å²) in [6.07, 6.45) is 0.573. The zero-order chi connectivity index (χ0) is 23.4. The Morgan fingerprint density at radius 3 is 2.76 bits per heavy atom. The third-order valence-electron chi connectivity index (χ3n) is 5.08. The second-order valence-electron chi connectivity index (χ2n) is 7.31. The number of carbonyl (C=O) groups excluding carboxylic acids is 1. The minimum Gasteiger partial charge on any atom is -0.493 e. The first kappa shape index (κ1) is 23.1. The third-order valence-corrected chi connectivity index (χ3v) is 7.89. The predicted octanol–water partition coefficient (Wildman–Crippen LogP) is 4.11. The van der Waals surface area contributed by atoms with Crippen LogP contribution >= 0.6 is 11.3 Å². The lowest BCUT2D eigenvalue weighted by Crippen LogP contribution is -2.25. The number of thiazole rings is 1. The van der Waals surface area contributed by atoms with Crippen LogP contribution in [-0.4, -0.2) is 45.4 Å². The summed E-state index contributed by atoms with van der Waals surface area (Å²) < 4.78 is 42.0. The Hall–Kier alpha value is -3.11. The average molecular weight is 489 g/mol. The summed E-state index contributed by atoms with van der Waals surface area (Å²) in [6.45, 7) is 2.88. The summed E-state index contributed by atoms with van der Waals surface area (Å²) in [5.74, 6) is 0.871. The second kappa shape index (κ2) is 9.80. The molecule has 33 heavy (non-hydrogen) atoms. The van der Waals surface area contributed by atoms with Crippen molar-refractivity contribution in [2.45, 2.75) is 20.0 Å². The van der Waals surface area contributed by atoms with Crippen molar-refractivity contribution < 1.29 is 27.4 Å². The van der Waals surface area contributed by atoms with Gasteiger partial charge in [0, 0.05) is 17.5 Å². The first-order valence-electron chi connectivity index (χ1n) is 10.4. The van der Waals surface area contributed by atoms with Crippen molar-refractivity contribution >= 4 is 33.0 Å². The highest BCUT2D eigenvalue weighted by atomic mass is 32.2. The molecule has 1 fully saturated rings. The van der Waals surface area contributed by atoms with Gasteiger partial charge in [-0.15, -0.1) is 11.3 Å². The number of sulfonamides is 1. The Kier molecular flexibility index (Phi) is 6.85. The molecule has 8 nitrogen and oxygen atoms in total. The van der Waals surface area contributed by atoms with E-state index in [1.54, 1.807) is 31.4 Å². The molecule has 4 rings (SSSR count). The Balaban J connectivity index is 1.43. The third kappa shape index (κ3) is 5.12. The highest BCUT2D eigenvalue weighted by Crippen LogP contribution is 2.34. The molecule has 0 aliphatic carbocycles. The molecule has 0 unspecified atom stereocenters. The van der Waals surface area contributed by atoms with Crippen LogP contribution in [-0.2, 0) is 21.4 Å². The van der Waals surface area contributed by atoms with Gasteiger partial charge in [0.2, 0.25) is 10.0 Å². The number of aromatic nitrogens is 1. The Morgan fingerprint density at radius 2 is 2.03 bits per heavy atom. The smallest absolute Gasteiger partial charge is 0.338 e. The Labute approximate surface area is 196 Å². The van der Waals surface area contributed by atoms with Crippen molar-refractivity contribution in [3.05, 3.63) is 59.1 Å². The van der Waals surface area contributed by atoms with Crippen molar-refractivity contribution in [2.24, 2.45) is 0 Å². The highest BCUT2D eigenvalue weighted by Gasteiger charge is 2.28. The van der Waals surface area contributed by atoms with Crippen molar-refractivity contribution in [1.82, 2.24) is 4.98 Å². The van der Waals surface area contributed by atoms with Gasteiger partial charge in [0.25, 0.3) is 0 Å². The van der Waals surface area contributed by atoms with E-state index in [2.05, 4.69) is 4.98 Å². The molecule has 2 aromatic carbocycles. The molecule has 1 aliphatic rings. The van der Waals surface area contributed by atoms with Crippen LogP contribution < -0.4 is 13.8 Å². The molecule has 3 aromatic rings. The number of hydrogen-bond acceptors (Lipinski definition) is 8. The number of hydrogen-bond donors (Lipinski definition) is 0. The molecular weight excluding hydrogens is 464 g/mol. The highest BCUT2D eigenvalue weighted by molar-refractivity contribution is 7.93. The van der Waals surface area contributed by atoms with Gasteiger partial charge in [-0.25, -0.2) is 18.2 Å². The SMILES string of the molecule is CCOc1ccc(-c2nc(COC(=O)c3cccc(N4CCCS4(=O)=O)c3)cs2)cc1OC. The van der Waals surface area contributed by atoms with E-state index in [0.29, 0.717) is 48.0 Å². The van der Waals surface area contributed by atoms with Crippen LogP contribution in [0.5, 0.6) is 11.5 Å². The van der Waals surface area contributed by atoms with E-state index in [0.717, 1.165) is 10.6 Å². The van der Waals surface area contributed by atoms with Crippen LogP contribution in [0.25, 0.3) is 10.6 Å². The average Bonchev–Trinajstić information content (AvgIpc) is 3.44. The van der Waals surface area contributed by atoms with E-state index in [9.17, 15) is 13.2 Å². The quantitative estimate of drug-likeness (QED) is 0.440. The molecule has 174 valence electrons. The predicted molar refractivity (Wildman–Crippen MR) is 127 cm³/mol. The van der Waals surface area contributed by atoms with Crippen molar-refractivity contribution in [2.75, 3.05) is 30.3 Å². The number of carbonyl (C=O) groups is 1. The normalized spacial score (nSPS) is 14.8. The second-order valence-corrected chi connectivity index (χ2v) is 10.2. The maximum Gasteiger partial charge on any atom is 0.338 e. The molecule has 0 N–H and O–H groups in total. The van der Waals surface area contributed by atoms with E-state index in [4.69, 9.17) is 14.2 Å². The number of anilines is 1. The summed E-state index contributed by atoms with van der Waals surface area (Å²) in [5, 5.41) is 2.60. The maximum absolute atomic E-state index is 12.6. The maximum atomic E-state index is 12.6. The van der Waals surface area contributed by atoms with Crippen molar-refractivity contribution in [3.63, 3.8) is 0 Å². The minimum atomic E-state index is -3.32. The molecule has 0 bridgehead atoms. The summed E-state index contributed by atoms with van der Waals surface area (Å²) in [7, 11) is -1.73.